The van der Waals surface area contributed by atoms with Gasteiger partial charge in [0.25, 0.3) is 5.91 Å². The third kappa shape index (κ3) is 2.28. The maximum Gasteiger partial charge on any atom is 0.255 e. The first kappa shape index (κ1) is 12.0. The Hall–Kier alpha value is -2.04. The Morgan fingerprint density at radius 2 is 2.37 bits per heavy atom. The van der Waals surface area contributed by atoms with Crippen LogP contribution < -0.4 is 5.32 Å². The number of furan rings is 1. The predicted octanol–water partition coefficient (Wildman–Crippen LogP) is 1.84. The number of nitrogens with one attached hydrogen (secondary N) is 1. The Morgan fingerprint density at radius 1 is 1.53 bits per heavy atom. The van der Waals surface area contributed by atoms with E-state index in [0.717, 1.165) is 31.0 Å². The summed E-state index contributed by atoms with van der Waals surface area (Å²) in [5.74, 6) is 2.49. The first-order valence-corrected chi connectivity index (χ1v) is 6.51. The first-order valence-electron chi connectivity index (χ1n) is 6.51. The summed E-state index contributed by atoms with van der Waals surface area (Å²) >= 11 is 0. The van der Waals surface area contributed by atoms with Crippen molar-refractivity contribution in [3.63, 3.8) is 0 Å². The zero-order valence-electron chi connectivity index (χ0n) is 11.1. The minimum absolute atomic E-state index is 0.0529. The van der Waals surface area contributed by atoms with Gasteiger partial charge in [0.05, 0.1) is 5.56 Å². The first-order chi connectivity index (χ1) is 9.13. The number of aryl methyl sites for hydroxylation is 3. The molecule has 0 aliphatic carbocycles. The molecular weight excluding hydrogens is 242 g/mol. The molecule has 0 bridgehead atoms. The highest BCUT2D eigenvalue weighted by atomic mass is 16.3. The van der Waals surface area contributed by atoms with E-state index < -0.39 is 0 Å². The van der Waals surface area contributed by atoms with Gasteiger partial charge in [-0.3, -0.25) is 4.79 Å². The molecule has 1 aliphatic heterocycles. The fourth-order valence-corrected chi connectivity index (χ4v) is 2.60. The van der Waals surface area contributed by atoms with Gasteiger partial charge in [-0.15, -0.1) is 0 Å². The molecule has 1 N–H and O–H groups in total. The van der Waals surface area contributed by atoms with Crippen LogP contribution >= 0.6 is 0 Å². The van der Waals surface area contributed by atoms with E-state index in [1.807, 2.05) is 26.2 Å². The Kier molecular flexibility index (Phi) is 2.89. The Bertz CT molecular complexity index is 612. The Balaban J connectivity index is 1.70. The fourth-order valence-electron chi connectivity index (χ4n) is 2.60. The lowest BCUT2D eigenvalue weighted by atomic mass is 10.1. The number of carbonyl (C=O) groups is 1. The summed E-state index contributed by atoms with van der Waals surface area (Å²) in [4.78, 5) is 16.5. The molecule has 0 spiro atoms. The van der Waals surface area contributed by atoms with E-state index in [2.05, 4.69) is 14.9 Å². The highest BCUT2D eigenvalue weighted by molar-refractivity contribution is 5.95. The monoisotopic (exact) mass is 259 g/mol. The van der Waals surface area contributed by atoms with Crippen LogP contribution in [0.2, 0.25) is 0 Å². The van der Waals surface area contributed by atoms with Crippen LogP contribution in [0, 0.1) is 13.8 Å². The summed E-state index contributed by atoms with van der Waals surface area (Å²) in [5.41, 5.74) is 0.633. The zero-order valence-corrected chi connectivity index (χ0v) is 11.1. The van der Waals surface area contributed by atoms with Gasteiger partial charge in [-0.25, -0.2) is 4.98 Å². The molecule has 1 amide bonds. The van der Waals surface area contributed by atoms with Gasteiger partial charge in [0.15, 0.2) is 0 Å². The Labute approximate surface area is 111 Å². The van der Waals surface area contributed by atoms with Gasteiger partial charge in [0.1, 0.15) is 17.3 Å². The van der Waals surface area contributed by atoms with Gasteiger partial charge >= 0.3 is 0 Å². The number of imidazole rings is 1. The molecule has 1 atom stereocenters. The summed E-state index contributed by atoms with van der Waals surface area (Å²) in [6.45, 7) is 4.45. The average molecular weight is 259 g/mol. The molecule has 3 heterocycles. The smallest absolute Gasteiger partial charge is 0.255 e. The van der Waals surface area contributed by atoms with Gasteiger partial charge in [0.2, 0.25) is 0 Å². The minimum Gasteiger partial charge on any atom is -0.466 e. The van der Waals surface area contributed by atoms with Crippen molar-refractivity contribution in [3.05, 3.63) is 41.4 Å². The van der Waals surface area contributed by atoms with Gasteiger partial charge in [0, 0.05) is 31.4 Å². The maximum absolute atomic E-state index is 12.2. The summed E-state index contributed by atoms with van der Waals surface area (Å²) in [7, 11) is 0. The van der Waals surface area contributed by atoms with E-state index in [1.54, 1.807) is 6.07 Å². The second kappa shape index (κ2) is 4.57. The summed E-state index contributed by atoms with van der Waals surface area (Å²) in [6.07, 6.45) is 5.60. The molecule has 5 heteroatoms. The number of amides is 1. The van der Waals surface area contributed by atoms with E-state index in [0.29, 0.717) is 11.3 Å². The quantitative estimate of drug-likeness (QED) is 0.895. The molecule has 100 valence electrons. The van der Waals surface area contributed by atoms with Gasteiger partial charge in [-0.1, -0.05) is 0 Å². The lowest BCUT2D eigenvalue weighted by Gasteiger charge is -2.24. The van der Waals surface area contributed by atoms with E-state index in [1.165, 1.54) is 0 Å². The Morgan fingerprint density at radius 3 is 3.11 bits per heavy atom. The number of nitrogens with zero attached hydrogens (tertiary/aromatic N) is 2. The van der Waals surface area contributed by atoms with E-state index >= 15 is 0 Å². The van der Waals surface area contributed by atoms with Crippen molar-refractivity contribution >= 4 is 5.91 Å². The van der Waals surface area contributed by atoms with Crippen LogP contribution in [0.3, 0.4) is 0 Å². The van der Waals surface area contributed by atoms with Crippen molar-refractivity contribution in [2.75, 3.05) is 0 Å². The van der Waals surface area contributed by atoms with Crippen molar-refractivity contribution in [2.45, 2.75) is 39.3 Å². The molecule has 0 radical (unpaired) electrons. The lowest BCUT2D eigenvalue weighted by molar-refractivity contribution is 0.0926. The highest BCUT2D eigenvalue weighted by Crippen LogP contribution is 2.16. The summed E-state index contributed by atoms with van der Waals surface area (Å²) in [6, 6.07) is 1.94. The normalized spacial score (nSPS) is 18.1. The lowest BCUT2D eigenvalue weighted by Crippen LogP contribution is -2.40. The summed E-state index contributed by atoms with van der Waals surface area (Å²) in [5, 5.41) is 3.07. The van der Waals surface area contributed by atoms with E-state index in [9.17, 15) is 4.79 Å². The molecular formula is C14H17N3O2. The number of aromatic nitrogens is 2. The molecule has 19 heavy (non-hydrogen) atoms. The van der Waals surface area contributed by atoms with Crippen molar-refractivity contribution < 1.29 is 9.21 Å². The van der Waals surface area contributed by atoms with E-state index in [4.69, 9.17) is 4.42 Å². The number of hydrogen-bond acceptors (Lipinski definition) is 3. The predicted molar refractivity (Wildman–Crippen MR) is 70.0 cm³/mol. The molecule has 5 nitrogen and oxygen atoms in total. The number of rotatable bonds is 2. The van der Waals surface area contributed by atoms with Gasteiger partial charge in [-0.2, -0.15) is 0 Å². The molecule has 0 fully saturated rings. The second-order valence-electron chi connectivity index (χ2n) is 5.03. The zero-order chi connectivity index (χ0) is 13.4. The van der Waals surface area contributed by atoms with Crippen molar-refractivity contribution in [3.8, 4) is 0 Å². The number of fused-ring (bicyclic) bond motifs is 1. The van der Waals surface area contributed by atoms with Crippen LogP contribution in [-0.2, 0) is 13.0 Å². The minimum atomic E-state index is -0.0529. The van der Waals surface area contributed by atoms with Gasteiger partial charge in [-0.05, 0) is 26.3 Å². The summed E-state index contributed by atoms with van der Waals surface area (Å²) < 4.78 is 7.49. The van der Waals surface area contributed by atoms with Crippen molar-refractivity contribution in [1.82, 2.24) is 14.9 Å². The maximum atomic E-state index is 12.2. The van der Waals surface area contributed by atoms with Crippen LogP contribution in [-0.4, -0.2) is 21.5 Å². The van der Waals surface area contributed by atoms with Crippen molar-refractivity contribution in [1.29, 1.82) is 0 Å². The van der Waals surface area contributed by atoms with Crippen LogP contribution in [0.25, 0.3) is 0 Å². The van der Waals surface area contributed by atoms with Crippen molar-refractivity contribution in [2.24, 2.45) is 0 Å². The van der Waals surface area contributed by atoms with Gasteiger partial charge < -0.3 is 14.3 Å². The molecule has 3 rings (SSSR count). The topological polar surface area (TPSA) is 60.1 Å². The molecule has 0 saturated heterocycles. The molecule has 1 unspecified atom stereocenters. The van der Waals surface area contributed by atoms with Crippen LogP contribution in [0.15, 0.2) is 22.9 Å². The third-order valence-corrected chi connectivity index (χ3v) is 3.56. The number of carbonyl (C=O) groups excluding carboxylic acids is 1. The van der Waals surface area contributed by atoms with Crippen LogP contribution in [0.5, 0.6) is 0 Å². The van der Waals surface area contributed by atoms with Crippen LogP contribution in [0.4, 0.5) is 0 Å². The van der Waals surface area contributed by atoms with E-state index in [-0.39, 0.29) is 11.9 Å². The SMILES string of the molecule is Cc1cc(C(=O)NC2CCc3nccn3C2)c(C)o1. The molecule has 0 saturated carbocycles. The largest absolute Gasteiger partial charge is 0.466 e. The number of hydrogen-bond donors (Lipinski definition) is 1. The standard InChI is InChI=1S/C14H17N3O2/c1-9-7-12(10(2)19-9)14(18)16-11-3-4-13-15-5-6-17(13)8-11/h5-7,11H,3-4,8H2,1-2H3,(H,16,18). The second-order valence-corrected chi connectivity index (χ2v) is 5.03. The highest BCUT2D eigenvalue weighted by Gasteiger charge is 2.22. The molecule has 2 aromatic rings. The molecule has 0 aromatic carbocycles. The fraction of sp³-hybridized carbons (Fsp3) is 0.429. The third-order valence-electron chi connectivity index (χ3n) is 3.56. The average Bonchev–Trinajstić information content (AvgIpc) is 2.94. The molecule has 2 aromatic heterocycles. The van der Waals surface area contributed by atoms with Crippen LogP contribution in [0.1, 0.15) is 34.1 Å². The molecule has 1 aliphatic rings.